The van der Waals surface area contributed by atoms with E-state index in [9.17, 15) is 4.79 Å². The van der Waals surface area contributed by atoms with Crippen molar-refractivity contribution < 1.29 is 14.3 Å². The third-order valence-corrected chi connectivity index (χ3v) is 8.83. The molecule has 0 radical (unpaired) electrons. The Labute approximate surface area is 370 Å². The Bertz CT molecular complexity index is 1800. The van der Waals surface area contributed by atoms with Crippen LogP contribution < -0.4 is 16.8 Å². The first kappa shape index (κ1) is 55.2. The maximum Gasteiger partial charge on any atom is 0.318 e. The maximum atomic E-state index is 13.2. The van der Waals surface area contributed by atoms with E-state index in [2.05, 4.69) is 113 Å². The number of nitrogens with zero attached hydrogens (tertiary/aromatic N) is 1. The second-order valence-electron chi connectivity index (χ2n) is 15.2. The predicted molar refractivity (Wildman–Crippen MR) is 262 cm³/mol. The quantitative estimate of drug-likeness (QED) is 0.0297. The van der Waals surface area contributed by atoms with Crippen molar-refractivity contribution in [3.8, 4) is 12.3 Å². The number of amidine groups is 1. The number of amides is 2. The van der Waals surface area contributed by atoms with Crippen LogP contribution in [0.4, 0.5) is 4.79 Å². The first-order valence-corrected chi connectivity index (χ1v) is 21.3. The molecule has 0 saturated carbocycles. The van der Waals surface area contributed by atoms with Gasteiger partial charge in [-0.3, -0.25) is 5.41 Å². The van der Waals surface area contributed by atoms with E-state index in [-0.39, 0.29) is 30.1 Å². The Kier molecular flexibility index (Phi) is 30.8. The van der Waals surface area contributed by atoms with Crippen LogP contribution in [0.3, 0.4) is 0 Å². The zero-order valence-corrected chi connectivity index (χ0v) is 38.9. The number of nitrogens with two attached hydrogens (primary N) is 2. The van der Waals surface area contributed by atoms with Crippen molar-refractivity contribution in [2.24, 2.45) is 17.4 Å². The first-order valence-electron chi connectivity index (χ1n) is 21.3. The van der Waals surface area contributed by atoms with Crippen molar-refractivity contribution in [1.29, 1.82) is 5.41 Å². The molecule has 3 rings (SSSR count). The molecule has 1 heterocycles. The molecule has 2 amide bonds. The Morgan fingerprint density at radius 2 is 1.59 bits per heavy atom. The van der Waals surface area contributed by atoms with Gasteiger partial charge >= 0.3 is 6.03 Å². The van der Waals surface area contributed by atoms with Crippen LogP contribution in [0.5, 0.6) is 0 Å². The summed E-state index contributed by atoms with van der Waals surface area (Å²) >= 11 is 0. The molecule has 61 heavy (non-hydrogen) atoms. The number of rotatable bonds is 18. The lowest BCUT2D eigenvalue weighted by atomic mass is 9.97. The summed E-state index contributed by atoms with van der Waals surface area (Å²) in [6.45, 7) is 25.3. The van der Waals surface area contributed by atoms with E-state index in [1.165, 1.54) is 16.7 Å². The number of carbonyl (C=O) groups is 1. The van der Waals surface area contributed by atoms with Gasteiger partial charge in [0.05, 0.1) is 24.0 Å². The molecule has 0 aliphatic carbocycles. The molecule has 8 heteroatoms. The van der Waals surface area contributed by atoms with Gasteiger partial charge in [0.25, 0.3) is 0 Å². The van der Waals surface area contributed by atoms with Gasteiger partial charge in [-0.05, 0) is 97.3 Å². The van der Waals surface area contributed by atoms with Crippen LogP contribution in [0.15, 0.2) is 156 Å². The summed E-state index contributed by atoms with van der Waals surface area (Å²) in [5.41, 5.74) is 17.1. The van der Waals surface area contributed by atoms with Gasteiger partial charge in [-0.1, -0.05) is 154 Å². The second-order valence-corrected chi connectivity index (χ2v) is 15.2. The normalized spacial score (nSPS) is 15.9. The fourth-order valence-corrected chi connectivity index (χ4v) is 5.76. The lowest BCUT2D eigenvalue weighted by Crippen LogP contribution is -2.50. The number of hydrogen-bond acceptors (Lipinski definition) is 5. The van der Waals surface area contributed by atoms with Crippen LogP contribution in [0, 0.1) is 23.7 Å². The third-order valence-electron chi connectivity index (χ3n) is 8.83. The van der Waals surface area contributed by atoms with Crippen LogP contribution >= 0.6 is 0 Å². The van der Waals surface area contributed by atoms with Gasteiger partial charge in [0, 0.05) is 24.4 Å². The monoisotopic (exact) mass is 832 g/mol. The molecule has 0 bridgehead atoms. The van der Waals surface area contributed by atoms with E-state index in [4.69, 9.17) is 26.4 Å². The molecule has 332 valence electrons. The highest BCUT2D eigenvalue weighted by Crippen LogP contribution is 2.23. The summed E-state index contributed by atoms with van der Waals surface area (Å²) in [4.78, 5) is 15.2. The highest BCUT2D eigenvalue weighted by atomic mass is 16.5. The number of allylic oxidation sites excluding steroid dienone is 12. The summed E-state index contributed by atoms with van der Waals surface area (Å²) in [6, 6.07) is 20.5. The van der Waals surface area contributed by atoms with Gasteiger partial charge in [-0.15, -0.1) is 12.3 Å². The van der Waals surface area contributed by atoms with Crippen molar-refractivity contribution in [3.05, 3.63) is 167 Å². The van der Waals surface area contributed by atoms with Gasteiger partial charge in [-0.2, -0.15) is 0 Å². The largest absolute Gasteiger partial charge is 0.494 e. The number of carbonyl (C=O) groups excluding carboxylic acids is 1. The van der Waals surface area contributed by atoms with Crippen LogP contribution in [0.1, 0.15) is 99.6 Å². The summed E-state index contributed by atoms with van der Waals surface area (Å²) in [5.74, 6) is 3.75. The van der Waals surface area contributed by atoms with E-state index in [0.717, 1.165) is 37.0 Å². The molecule has 1 fully saturated rings. The minimum atomic E-state index is -0.0448. The van der Waals surface area contributed by atoms with Crippen LogP contribution in [-0.4, -0.2) is 48.1 Å². The second kappa shape index (κ2) is 34.0. The third kappa shape index (κ3) is 26.8. The fraction of sp³-hybridized carbons (Fsp3) is 0.396. The molecule has 0 aromatic heterocycles. The summed E-state index contributed by atoms with van der Waals surface area (Å²) < 4.78 is 12.3. The average Bonchev–Trinajstić information content (AvgIpc) is 3.35. The molecular weight excluding hydrogens is 755 g/mol. The minimum Gasteiger partial charge on any atom is -0.494 e. The molecule has 6 N–H and O–H groups in total. The van der Waals surface area contributed by atoms with E-state index in [1.54, 1.807) is 19.1 Å². The lowest BCUT2D eigenvalue weighted by molar-refractivity contribution is -0.0331. The van der Waals surface area contributed by atoms with E-state index in [0.29, 0.717) is 36.9 Å². The number of urea groups is 1. The predicted octanol–water partition coefficient (Wildman–Crippen LogP) is 11.9. The molecule has 2 unspecified atom stereocenters. The summed E-state index contributed by atoms with van der Waals surface area (Å²) in [7, 11) is 0. The highest BCUT2D eigenvalue weighted by Gasteiger charge is 2.35. The zero-order valence-electron chi connectivity index (χ0n) is 38.9. The molecule has 1 saturated heterocycles. The maximum absolute atomic E-state index is 13.2. The van der Waals surface area contributed by atoms with Gasteiger partial charge in [-0.25, -0.2) is 4.79 Å². The van der Waals surface area contributed by atoms with E-state index >= 15 is 0 Å². The number of hydrogen-bond donors (Lipinski definition) is 4. The number of terminal acetylenes is 1. The SMILES string of the molecule is C#CC.C/C=C(/C(=N)N)C(N)=CCC=C(C)C.C=C/C=C\C=C/C(C)C.CC/C(=C\C=C(/C)OCc1ccccc1)CN1C(=O)NCCC(OC(C)C)C1Cc1ccccc1. The van der Waals surface area contributed by atoms with Crippen molar-refractivity contribution >= 4 is 11.9 Å². The molecule has 1 aliphatic rings. The van der Waals surface area contributed by atoms with Gasteiger partial charge < -0.3 is 31.2 Å². The van der Waals surface area contributed by atoms with Gasteiger partial charge in [0.1, 0.15) is 12.4 Å². The Morgan fingerprint density at radius 1 is 0.984 bits per heavy atom. The number of nitrogens with one attached hydrogen (secondary N) is 2. The molecule has 1 aliphatic heterocycles. The van der Waals surface area contributed by atoms with Gasteiger partial charge in [0.2, 0.25) is 0 Å². The topological polar surface area (TPSA) is 127 Å². The van der Waals surface area contributed by atoms with Crippen molar-refractivity contribution in [3.63, 3.8) is 0 Å². The summed E-state index contributed by atoms with van der Waals surface area (Å²) in [6.07, 6.45) is 27.5. The molecule has 2 aromatic carbocycles. The van der Waals surface area contributed by atoms with Gasteiger partial charge in [0.15, 0.2) is 0 Å². The van der Waals surface area contributed by atoms with Crippen molar-refractivity contribution in [2.75, 3.05) is 13.1 Å². The van der Waals surface area contributed by atoms with Crippen LogP contribution in [0.2, 0.25) is 0 Å². The Morgan fingerprint density at radius 3 is 2.10 bits per heavy atom. The average molecular weight is 832 g/mol. The minimum absolute atomic E-state index is 0.0125. The highest BCUT2D eigenvalue weighted by molar-refractivity contribution is 5.98. The van der Waals surface area contributed by atoms with Crippen molar-refractivity contribution in [1.82, 2.24) is 10.2 Å². The smallest absolute Gasteiger partial charge is 0.318 e. The first-order chi connectivity index (χ1) is 29.1. The van der Waals surface area contributed by atoms with E-state index in [1.807, 2.05) is 87.2 Å². The molecular formula is C53H77N5O3. The fourth-order valence-electron chi connectivity index (χ4n) is 5.76. The molecule has 2 atom stereocenters. The Balaban J connectivity index is 0.00000113. The summed E-state index contributed by atoms with van der Waals surface area (Å²) in [5, 5.41) is 10.4. The Hall–Kier alpha value is -5.78. The number of benzene rings is 2. The zero-order chi connectivity index (χ0) is 46.0. The molecule has 2 aromatic rings. The van der Waals surface area contributed by atoms with E-state index < -0.39 is 0 Å². The standard InChI is InChI=1S/C30H40N2O3.C11H19N3.C9H14.C3H4/c1-5-25(17-16-24(4)34-22-27-14-10-7-11-15-27)21-32-28(20-26-12-8-6-9-13-26)29(35-23(2)3)18-19-31-30(32)33;1-4-9(11(13)14)10(12)7-5-6-8(2)3;1-4-5-6-7-8-9(2)3;1-3-2/h6-17,23,28-29H,5,18-22H2,1-4H3,(H,31,33);4,6-7H,5,12H2,1-3H3,(H3,13,14);4-9H,1H2,2-3H3;1H,2H3/b24-16+,25-17+;9-4+,10-7?;6-5-,8-7-;. The van der Waals surface area contributed by atoms with Crippen molar-refractivity contribution in [2.45, 2.75) is 120 Å². The molecule has 8 nitrogen and oxygen atoms in total. The van der Waals surface area contributed by atoms with Crippen LogP contribution in [0.25, 0.3) is 0 Å². The lowest BCUT2D eigenvalue weighted by Gasteiger charge is -2.36. The molecule has 0 spiro atoms. The number of ether oxygens (including phenoxy) is 2. The van der Waals surface area contributed by atoms with Crippen LogP contribution in [-0.2, 0) is 22.5 Å².